The topological polar surface area (TPSA) is 160 Å². The summed E-state index contributed by atoms with van der Waals surface area (Å²) in [6, 6.07) is 19.9. The minimum atomic E-state index is -4.43. The van der Waals surface area contributed by atoms with E-state index >= 15 is 0 Å². The number of hydrogen-bond donors (Lipinski definition) is 3. The zero-order chi connectivity index (χ0) is 37.9. The first-order valence-electron chi connectivity index (χ1n) is 17.7. The van der Waals surface area contributed by atoms with Crippen molar-refractivity contribution in [1.82, 2.24) is 10.0 Å². The lowest BCUT2D eigenvalue weighted by Gasteiger charge is -2.40. The molecular formula is C38H51N5O7S2. The highest BCUT2D eigenvalue weighted by molar-refractivity contribution is 7.99. The molecule has 12 nitrogen and oxygen atoms in total. The van der Waals surface area contributed by atoms with Gasteiger partial charge in [0.25, 0.3) is 21.6 Å². The molecule has 1 heterocycles. The smallest absolute Gasteiger partial charge is 0.407 e. The van der Waals surface area contributed by atoms with E-state index in [1.807, 2.05) is 42.5 Å². The summed E-state index contributed by atoms with van der Waals surface area (Å²) in [5, 5.41) is 18.2. The summed E-state index contributed by atoms with van der Waals surface area (Å²) in [5.41, 5.74) is 0.597. The van der Waals surface area contributed by atoms with Crippen molar-refractivity contribution in [3.8, 4) is 0 Å². The molecule has 1 atom stereocenters. The summed E-state index contributed by atoms with van der Waals surface area (Å²) >= 11 is 1.59. The molecular weight excluding hydrogens is 703 g/mol. The zero-order valence-corrected chi connectivity index (χ0v) is 32.3. The molecule has 4 rings (SSSR count). The molecule has 2 amide bonds. The highest BCUT2D eigenvalue weighted by Gasteiger charge is 2.29. The lowest BCUT2D eigenvalue weighted by Crippen LogP contribution is -2.38. The van der Waals surface area contributed by atoms with E-state index in [2.05, 4.69) is 34.1 Å². The Bertz CT molecular complexity index is 1770. The maximum absolute atomic E-state index is 13.3. The van der Waals surface area contributed by atoms with Gasteiger partial charge in [-0.15, -0.1) is 11.8 Å². The molecule has 3 N–H and O–H groups in total. The highest BCUT2D eigenvalue weighted by atomic mass is 32.2. The molecule has 0 radical (unpaired) electrons. The van der Waals surface area contributed by atoms with Crippen LogP contribution in [0.5, 0.6) is 0 Å². The van der Waals surface area contributed by atoms with Gasteiger partial charge in [-0.05, 0) is 107 Å². The fraction of sp³-hybridized carbons (Fsp3) is 0.474. The maximum Gasteiger partial charge on any atom is 0.407 e. The van der Waals surface area contributed by atoms with Gasteiger partial charge < -0.3 is 20.3 Å². The largest absolute Gasteiger partial charge is 0.444 e. The number of nitro benzene ring substituents is 1. The molecule has 0 unspecified atom stereocenters. The maximum atomic E-state index is 13.3. The van der Waals surface area contributed by atoms with E-state index in [9.17, 15) is 28.1 Å². The molecule has 0 saturated carbocycles. The molecule has 52 heavy (non-hydrogen) atoms. The van der Waals surface area contributed by atoms with Crippen LogP contribution in [0.3, 0.4) is 0 Å². The Morgan fingerprint density at radius 2 is 1.69 bits per heavy atom. The number of anilines is 2. The number of ether oxygens (including phenoxy) is 1. The lowest BCUT2D eigenvalue weighted by atomic mass is 9.78. The molecule has 0 bridgehead atoms. The van der Waals surface area contributed by atoms with Gasteiger partial charge in [0.05, 0.1) is 9.82 Å². The number of carbonyl (C=O) groups is 2. The van der Waals surface area contributed by atoms with Crippen LogP contribution in [0.25, 0.3) is 0 Å². The average Bonchev–Trinajstić information content (AvgIpc) is 3.10. The van der Waals surface area contributed by atoms with Gasteiger partial charge in [-0.2, -0.15) is 0 Å². The molecule has 0 aromatic heterocycles. The molecule has 282 valence electrons. The standard InChI is InChI=1S/C38H51N5O7S2/c1-6-38(5)21-24-42(25-22-38)30-17-15-28(16-18-30)35(44)41-52(48,49)32-19-20-33(34(26-32)43(46)47)40-29(27-51-31-13-8-7-9-14-31)12-10-11-23-39-36(45)50-37(2,3)4/h7-9,13-20,26,29,40H,6,10-12,21-25,27H2,1-5H3,(H,39,45)(H,41,44)/t29-/m1/s1. The van der Waals surface area contributed by atoms with Crippen LogP contribution in [0.15, 0.2) is 82.6 Å². The Morgan fingerprint density at radius 3 is 2.31 bits per heavy atom. The number of sulfonamides is 1. The van der Waals surface area contributed by atoms with Crippen molar-refractivity contribution in [3.05, 3.63) is 88.5 Å². The van der Waals surface area contributed by atoms with Crippen LogP contribution in [-0.2, 0) is 14.8 Å². The van der Waals surface area contributed by atoms with Crippen molar-refractivity contribution in [3.63, 3.8) is 0 Å². The molecule has 3 aromatic rings. The number of amides is 2. The van der Waals surface area contributed by atoms with Crippen LogP contribution in [0, 0.1) is 15.5 Å². The number of rotatable bonds is 16. The summed E-state index contributed by atoms with van der Waals surface area (Å²) in [6.45, 7) is 12.1. The fourth-order valence-corrected chi connectivity index (χ4v) is 7.81. The van der Waals surface area contributed by atoms with Gasteiger partial charge in [0.1, 0.15) is 11.3 Å². The Morgan fingerprint density at radius 1 is 1.02 bits per heavy atom. The Balaban J connectivity index is 1.41. The Hall–Kier alpha value is -4.30. The third-order valence-corrected chi connectivity index (χ3v) is 11.7. The summed E-state index contributed by atoms with van der Waals surface area (Å²) in [6.07, 6.45) is 4.77. The Kier molecular flexibility index (Phi) is 14.0. The summed E-state index contributed by atoms with van der Waals surface area (Å²) in [7, 11) is -4.43. The van der Waals surface area contributed by atoms with E-state index in [1.54, 1.807) is 44.7 Å². The minimum Gasteiger partial charge on any atom is -0.444 e. The number of benzene rings is 3. The van der Waals surface area contributed by atoms with Crippen LogP contribution in [0.1, 0.15) is 83.5 Å². The minimum absolute atomic E-state index is 0.161. The van der Waals surface area contributed by atoms with E-state index in [1.165, 1.54) is 12.1 Å². The van der Waals surface area contributed by atoms with Crippen LogP contribution >= 0.6 is 11.8 Å². The van der Waals surface area contributed by atoms with Crippen molar-refractivity contribution < 1.29 is 27.7 Å². The van der Waals surface area contributed by atoms with Gasteiger partial charge in [0, 0.05) is 53.6 Å². The first kappa shape index (κ1) is 40.5. The molecule has 3 aromatic carbocycles. The average molecular weight is 754 g/mol. The number of carbonyl (C=O) groups excluding carboxylic acids is 2. The van der Waals surface area contributed by atoms with E-state index in [0.29, 0.717) is 37.0 Å². The van der Waals surface area contributed by atoms with E-state index in [0.717, 1.165) is 49.0 Å². The third kappa shape index (κ3) is 12.1. The molecule has 1 saturated heterocycles. The number of thioether (sulfide) groups is 1. The monoisotopic (exact) mass is 753 g/mol. The van der Waals surface area contributed by atoms with Crippen molar-refractivity contribution in [2.45, 2.75) is 94.6 Å². The predicted octanol–water partition coefficient (Wildman–Crippen LogP) is 8.00. The second-order valence-corrected chi connectivity index (χ2v) is 17.2. The summed E-state index contributed by atoms with van der Waals surface area (Å²) in [4.78, 5) is 39.5. The van der Waals surface area contributed by atoms with E-state index < -0.39 is 43.1 Å². The quantitative estimate of drug-likeness (QED) is 0.0566. The molecule has 14 heteroatoms. The summed E-state index contributed by atoms with van der Waals surface area (Å²) < 4.78 is 33.9. The van der Waals surface area contributed by atoms with Crippen LogP contribution in [0.2, 0.25) is 0 Å². The van der Waals surface area contributed by atoms with Crippen molar-refractivity contribution in [2.24, 2.45) is 5.41 Å². The SMILES string of the molecule is CCC1(C)CCN(c2ccc(C(=O)NS(=O)(=O)c3ccc(N[C@H](CCCCNC(=O)OC(C)(C)C)CSc4ccccc4)c([N+](=O)[O-])c3)cc2)CC1. The number of hydrogen-bond acceptors (Lipinski definition) is 10. The predicted molar refractivity (Wildman–Crippen MR) is 207 cm³/mol. The first-order chi connectivity index (χ1) is 24.6. The lowest BCUT2D eigenvalue weighted by molar-refractivity contribution is -0.384. The van der Waals surface area contributed by atoms with Gasteiger partial charge in [-0.1, -0.05) is 38.5 Å². The number of nitrogens with zero attached hydrogens (tertiary/aromatic N) is 2. The number of unbranched alkanes of at least 4 members (excludes halogenated alkanes) is 1. The van der Waals surface area contributed by atoms with Crippen molar-refractivity contribution >= 4 is 50.8 Å². The molecule has 0 aliphatic carbocycles. The molecule has 0 spiro atoms. The second-order valence-electron chi connectivity index (χ2n) is 14.5. The summed E-state index contributed by atoms with van der Waals surface area (Å²) in [5.74, 6) is -0.251. The van der Waals surface area contributed by atoms with Gasteiger partial charge in [0.15, 0.2) is 0 Å². The highest BCUT2D eigenvalue weighted by Crippen LogP contribution is 2.36. The van der Waals surface area contributed by atoms with Gasteiger partial charge in [-0.25, -0.2) is 17.9 Å². The van der Waals surface area contributed by atoms with Crippen LogP contribution in [0.4, 0.5) is 21.9 Å². The van der Waals surface area contributed by atoms with E-state index in [4.69, 9.17) is 4.74 Å². The zero-order valence-electron chi connectivity index (χ0n) is 30.6. The number of alkyl carbamates (subject to hydrolysis) is 1. The van der Waals surface area contributed by atoms with Gasteiger partial charge in [-0.3, -0.25) is 14.9 Å². The van der Waals surface area contributed by atoms with E-state index in [-0.39, 0.29) is 17.3 Å². The molecule has 1 aliphatic rings. The Labute approximate surface area is 311 Å². The normalized spacial score (nSPS) is 15.0. The van der Waals surface area contributed by atoms with Crippen LogP contribution < -0.4 is 20.3 Å². The second kappa shape index (κ2) is 18.0. The third-order valence-electron chi connectivity index (χ3n) is 9.22. The molecule has 1 fully saturated rings. The molecule has 1 aliphatic heterocycles. The number of nitro groups is 1. The number of nitrogens with one attached hydrogen (secondary N) is 3. The van der Waals surface area contributed by atoms with Crippen LogP contribution in [-0.4, -0.2) is 62.4 Å². The number of piperidine rings is 1. The van der Waals surface area contributed by atoms with Gasteiger partial charge in [0.2, 0.25) is 0 Å². The first-order valence-corrected chi connectivity index (χ1v) is 20.2. The van der Waals surface area contributed by atoms with Crippen molar-refractivity contribution in [2.75, 3.05) is 35.6 Å². The fourth-order valence-electron chi connectivity index (χ4n) is 5.82. The van der Waals surface area contributed by atoms with Crippen molar-refractivity contribution in [1.29, 1.82) is 0 Å². The van der Waals surface area contributed by atoms with Gasteiger partial charge >= 0.3 is 6.09 Å².